The molecule has 1 aromatic heterocycles. The summed E-state index contributed by atoms with van der Waals surface area (Å²) in [7, 11) is 0. The van der Waals surface area contributed by atoms with E-state index >= 15 is 0 Å². The molecule has 1 heterocycles. The van der Waals surface area contributed by atoms with Crippen LogP contribution in [0.3, 0.4) is 0 Å². The van der Waals surface area contributed by atoms with Crippen molar-refractivity contribution in [1.29, 1.82) is 0 Å². The van der Waals surface area contributed by atoms with Crippen LogP contribution in [0.15, 0.2) is 9.27 Å². The Morgan fingerprint density at radius 3 is 2.62 bits per heavy atom. The molecule has 0 aliphatic carbocycles. The van der Waals surface area contributed by atoms with Crippen LogP contribution in [0, 0.1) is 0 Å². The van der Waals surface area contributed by atoms with Crippen LogP contribution in [0.5, 0.6) is 0 Å². The Kier molecular flexibility index (Phi) is 3.25. The van der Waals surface area contributed by atoms with Crippen LogP contribution in [0.2, 0.25) is 0 Å². The Morgan fingerprint density at radius 2 is 2.15 bits per heavy atom. The van der Waals surface area contributed by atoms with Gasteiger partial charge in [-0.2, -0.15) is 0 Å². The number of hydrogen-bond donors (Lipinski definition) is 1. The largest absolute Gasteiger partial charge is 0.309 e. The normalized spacial score (nSPS) is 10.8. The third-order valence-electron chi connectivity index (χ3n) is 1.83. The summed E-state index contributed by atoms with van der Waals surface area (Å²) in [5, 5.41) is 0. The summed E-state index contributed by atoms with van der Waals surface area (Å²) in [6, 6.07) is 0. The van der Waals surface area contributed by atoms with E-state index in [9.17, 15) is 4.79 Å². The van der Waals surface area contributed by atoms with Crippen LogP contribution in [0.25, 0.3) is 0 Å². The first-order valence-corrected chi connectivity index (χ1v) is 5.14. The average Bonchev–Trinajstić information content (AvgIpc) is 2.09. The standard InChI is InChI=1S/C9H13BrN2O/c1-4-6-7(10)9(13)12-8(11-6)5(2)3/h5H,4H2,1-3H3,(H,11,12,13). The zero-order valence-corrected chi connectivity index (χ0v) is 9.60. The van der Waals surface area contributed by atoms with Crippen LogP contribution in [0.4, 0.5) is 0 Å². The van der Waals surface area contributed by atoms with Crippen LogP contribution >= 0.6 is 15.9 Å². The molecule has 0 spiro atoms. The molecule has 0 aromatic carbocycles. The summed E-state index contributed by atoms with van der Waals surface area (Å²) in [6.07, 6.45) is 0.768. The minimum absolute atomic E-state index is 0.0875. The van der Waals surface area contributed by atoms with Crippen molar-refractivity contribution >= 4 is 15.9 Å². The summed E-state index contributed by atoms with van der Waals surface area (Å²) in [5.41, 5.74) is 0.739. The maximum atomic E-state index is 11.4. The molecule has 0 aliphatic rings. The molecule has 1 rings (SSSR count). The highest BCUT2D eigenvalue weighted by atomic mass is 79.9. The predicted molar refractivity (Wildman–Crippen MR) is 56.0 cm³/mol. The zero-order valence-electron chi connectivity index (χ0n) is 8.02. The van der Waals surface area contributed by atoms with Gasteiger partial charge in [-0.15, -0.1) is 0 Å². The number of rotatable bonds is 2. The van der Waals surface area contributed by atoms with Crippen molar-refractivity contribution in [2.45, 2.75) is 33.1 Å². The van der Waals surface area contributed by atoms with Crippen molar-refractivity contribution in [3.8, 4) is 0 Å². The Hall–Kier alpha value is -0.640. The number of aromatic nitrogens is 2. The maximum absolute atomic E-state index is 11.4. The topological polar surface area (TPSA) is 45.8 Å². The van der Waals surface area contributed by atoms with Crippen molar-refractivity contribution in [2.24, 2.45) is 0 Å². The molecule has 0 aliphatic heterocycles. The van der Waals surface area contributed by atoms with Gasteiger partial charge in [-0.3, -0.25) is 4.79 Å². The Bertz CT molecular complexity index is 357. The minimum Gasteiger partial charge on any atom is -0.309 e. The van der Waals surface area contributed by atoms with Gasteiger partial charge in [0, 0.05) is 5.92 Å². The summed E-state index contributed by atoms with van der Waals surface area (Å²) >= 11 is 3.22. The Morgan fingerprint density at radius 1 is 1.54 bits per heavy atom. The second-order valence-electron chi connectivity index (χ2n) is 3.22. The van der Waals surface area contributed by atoms with Gasteiger partial charge >= 0.3 is 0 Å². The van der Waals surface area contributed by atoms with Crippen LogP contribution in [-0.4, -0.2) is 9.97 Å². The molecule has 0 radical (unpaired) electrons. The number of aryl methyl sites for hydroxylation is 1. The van der Waals surface area contributed by atoms with Gasteiger partial charge in [0.1, 0.15) is 10.3 Å². The highest BCUT2D eigenvalue weighted by Crippen LogP contribution is 2.13. The fourth-order valence-electron chi connectivity index (χ4n) is 1.03. The summed E-state index contributed by atoms with van der Waals surface area (Å²) in [6.45, 7) is 5.99. The molecule has 3 nitrogen and oxygen atoms in total. The van der Waals surface area contributed by atoms with Crippen LogP contribution < -0.4 is 5.56 Å². The van der Waals surface area contributed by atoms with E-state index in [2.05, 4.69) is 25.9 Å². The minimum atomic E-state index is -0.0875. The lowest BCUT2D eigenvalue weighted by Gasteiger charge is -2.06. The summed E-state index contributed by atoms with van der Waals surface area (Å²) < 4.78 is 0.555. The molecule has 0 atom stereocenters. The molecule has 1 N–H and O–H groups in total. The molecule has 13 heavy (non-hydrogen) atoms. The number of halogens is 1. The van der Waals surface area contributed by atoms with Gasteiger partial charge in [0.05, 0.1) is 5.69 Å². The first-order valence-electron chi connectivity index (χ1n) is 4.34. The molecule has 0 saturated carbocycles. The fourth-order valence-corrected chi connectivity index (χ4v) is 1.50. The summed E-state index contributed by atoms with van der Waals surface area (Å²) in [5.74, 6) is 1.01. The highest BCUT2D eigenvalue weighted by molar-refractivity contribution is 9.10. The lowest BCUT2D eigenvalue weighted by Crippen LogP contribution is -2.16. The molecule has 0 saturated heterocycles. The Labute approximate surface area is 85.7 Å². The van der Waals surface area contributed by atoms with Crippen molar-refractivity contribution in [3.63, 3.8) is 0 Å². The lowest BCUT2D eigenvalue weighted by molar-refractivity contribution is 0.746. The van der Waals surface area contributed by atoms with Crippen LogP contribution in [0.1, 0.15) is 38.2 Å². The van der Waals surface area contributed by atoms with Gasteiger partial charge in [0.25, 0.3) is 5.56 Å². The summed E-state index contributed by atoms with van der Waals surface area (Å²) in [4.78, 5) is 18.5. The molecule has 1 aromatic rings. The Balaban J connectivity index is 3.31. The fraction of sp³-hybridized carbons (Fsp3) is 0.556. The van der Waals surface area contributed by atoms with Gasteiger partial charge in [-0.1, -0.05) is 20.8 Å². The molecule has 4 heteroatoms. The van der Waals surface area contributed by atoms with E-state index in [1.807, 2.05) is 20.8 Å². The van der Waals surface area contributed by atoms with E-state index in [0.717, 1.165) is 17.9 Å². The molecule has 0 unspecified atom stereocenters. The highest BCUT2D eigenvalue weighted by Gasteiger charge is 2.08. The number of nitrogens with one attached hydrogen (secondary N) is 1. The van der Waals surface area contributed by atoms with Gasteiger partial charge < -0.3 is 4.98 Å². The molecule has 0 bridgehead atoms. The van der Waals surface area contributed by atoms with Gasteiger partial charge in [0.2, 0.25) is 0 Å². The van der Waals surface area contributed by atoms with Gasteiger partial charge in [-0.25, -0.2) is 4.98 Å². The molecule has 0 amide bonds. The number of aromatic amines is 1. The zero-order chi connectivity index (χ0) is 10.0. The first kappa shape index (κ1) is 10.4. The van der Waals surface area contributed by atoms with Crippen molar-refractivity contribution in [1.82, 2.24) is 9.97 Å². The van der Waals surface area contributed by atoms with E-state index in [1.165, 1.54) is 0 Å². The third kappa shape index (κ3) is 2.18. The van der Waals surface area contributed by atoms with Gasteiger partial charge in [-0.05, 0) is 22.4 Å². The van der Waals surface area contributed by atoms with E-state index in [0.29, 0.717) is 4.47 Å². The maximum Gasteiger partial charge on any atom is 0.265 e. The lowest BCUT2D eigenvalue weighted by atomic mass is 10.2. The monoisotopic (exact) mass is 244 g/mol. The number of nitrogens with zero attached hydrogens (tertiary/aromatic N) is 1. The van der Waals surface area contributed by atoms with E-state index in [-0.39, 0.29) is 11.5 Å². The van der Waals surface area contributed by atoms with E-state index in [4.69, 9.17) is 0 Å². The molecule has 0 fully saturated rings. The first-order chi connectivity index (χ1) is 6.06. The van der Waals surface area contributed by atoms with E-state index in [1.54, 1.807) is 0 Å². The van der Waals surface area contributed by atoms with Gasteiger partial charge in [0.15, 0.2) is 0 Å². The second-order valence-corrected chi connectivity index (χ2v) is 4.01. The third-order valence-corrected chi connectivity index (χ3v) is 2.65. The van der Waals surface area contributed by atoms with Crippen molar-refractivity contribution in [2.75, 3.05) is 0 Å². The van der Waals surface area contributed by atoms with Crippen molar-refractivity contribution < 1.29 is 0 Å². The molecular weight excluding hydrogens is 232 g/mol. The number of hydrogen-bond acceptors (Lipinski definition) is 2. The number of H-pyrrole nitrogens is 1. The van der Waals surface area contributed by atoms with Crippen molar-refractivity contribution in [3.05, 3.63) is 26.3 Å². The quantitative estimate of drug-likeness (QED) is 0.868. The average molecular weight is 245 g/mol. The molecule has 72 valence electrons. The van der Waals surface area contributed by atoms with E-state index < -0.39 is 0 Å². The van der Waals surface area contributed by atoms with Crippen LogP contribution in [-0.2, 0) is 6.42 Å². The smallest absolute Gasteiger partial charge is 0.265 e. The molecular formula is C9H13BrN2O. The predicted octanol–water partition coefficient (Wildman–Crippen LogP) is 2.22. The SMILES string of the molecule is CCc1nc(C(C)C)[nH]c(=O)c1Br. The second kappa shape index (κ2) is 4.05.